The summed E-state index contributed by atoms with van der Waals surface area (Å²) in [6.45, 7) is 4.61. The molecule has 0 fully saturated rings. The first-order chi connectivity index (χ1) is 11.6. The van der Waals surface area contributed by atoms with E-state index in [-0.39, 0.29) is 17.5 Å². The van der Waals surface area contributed by atoms with Gasteiger partial charge < -0.3 is 9.88 Å². The molecule has 1 heterocycles. The van der Waals surface area contributed by atoms with Gasteiger partial charge >= 0.3 is 0 Å². The molecule has 0 spiro atoms. The van der Waals surface area contributed by atoms with Gasteiger partial charge in [-0.25, -0.2) is 0 Å². The molecule has 1 amide bonds. The first-order valence-electron chi connectivity index (χ1n) is 8.67. The highest BCUT2D eigenvalue weighted by Crippen LogP contribution is 2.25. The summed E-state index contributed by atoms with van der Waals surface area (Å²) in [5.74, 6) is -0.0320. The van der Waals surface area contributed by atoms with Crippen LogP contribution in [0.3, 0.4) is 0 Å². The van der Waals surface area contributed by atoms with Crippen LogP contribution in [0.2, 0.25) is 0 Å². The van der Waals surface area contributed by atoms with Crippen LogP contribution in [0.4, 0.5) is 0 Å². The maximum atomic E-state index is 13.0. The number of hydrogen-bond acceptors (Lipinski definition) is 2. The van der Waals surface area contributed by atoms with Crippen molar-refractivity contribution in [3.63, 3.8) is 0 Å². The van der Waals surface area contributed by atoms with Crippen molar-refractivity contribution >= 4 is 5.91 Å². The Morgan fingerprint density at radius 2 is 2.00 bits per heavy atom. The average molecular weight is 324 g/mol. The topological polar surface area (TPSA) is 53.2 Å². The van der Waals surface area contributed by atoms with E-state index in [2.05, 4.69) is 36.2 Å². The van der Waals surface area contributed by atoms with Crippen molar-refractivity contribution in [1.29, 1.82) is 0 Å². The van der Waals surface area contributed by atoms with Gasteiger partial charge in [0.25, 0.3) is 5.91 Å². The van der Waals surface area contributed by atoms with Gasteiger partial charge in [-0.15, -0.1) is 0 Å². The van der Waals surface area contributed by atoms with Gasteiger partial charge in [-0.1, -0.05) is 31.2 Å². The van der Waals surface area contributed by atoms with E-state index >= 15 is 0 Å². The van der Waals surface area contributed by atoms with Crippen molar-refractivity contribution in [2.75, 3.05) is 6.54 Å². The van der Waals surface area contributed by atoms with Crippen molar-refractivity contribution in [3.8, 4) is 0 Å². The Balaban J connectivity index is 1.87. The molecule has 0 bridgehead atoms. The van der Waals surface area contributed by atoms with Crippen molar-refractivity contribution in [2.24, 2.45) is 0 Å². The summed E-state index contributed by atoms with van der Waals surface area (Å²) in [4.78, 5) is 29.4. The van der Waals surface area contributed by atoms with Crippen LogP contribution in [-0.2, 0) is 12.8 Å². The van der Waals surface area contributed by atoms with E-state index in [9.17, 15) is 9.59 Å². The molecule has 24 heavy (non-hydrogen) atoms. The Bertz CT molecular complexity index is 794. The third-order valence-electron chi connectivity index (χ3n) is 4.71. The molecule has 0 saturated carbocycles. The number of pyridine rings is 1. The molecule has 4 nitrogen and oxygen atoms in total. The molecule has 3 rings (SSSR count). The normalized spacial score (nSPS) is 16.5. The highest BCUT2D eigenvalue weighted by molar-refractivity contribution is 5.94. The molecule has 1 unspecified atom stereocenters. The SMILES string of the molecule is CCCN(C(=O)c1cc(C)[nH]c(=O)c1)C1CCc2ccccc2C1. The smallest absolute Gasteiger partial charge is 0.254 e. The third kappa shape index (κ3) is 3.42. The second-order valence-corrected chi connectivity index (χ2v) is 6.58. The predicted octanol–water partition coefficient (Wildman–Crippen LogP) is 3.09. The average Bonchev–Trinajstić information content (AvgIpc) is 2.58. The van der Waals surface area contributed by atoms with Crippen LogP contribution in [0.15, 0.2) is 41.2 Å². The fraction of sp³-hybridized carbons (Fsp3) is 0.400. The summed E-state index contributed by atoms with van der Waals surface area (Å²) < 4.78 is 0. The van der Waals surface area contributed by atoms with Crippen LogP contribution in [-0.4, -0.2) is 28.4 Å². The van der Waals surface area contributed by atoms with Crippen LogP contribution in [0.5, 0.6) is 0 Å². The number of aryl methyl sites for hydroxylation is 2. The van der Waals surface area contributed by atoms with Crippen molar-refractivity contribution < 1.29 is 4.79 Å². The number of hydrogen-bond donors (Lipinski definition) is 1. The number of benzene rings is 1. The summed E-state index contributed by atoms with van der Waals surface area (Å²) in [6, 6.07) is 11.9. The molecule has 1 aliphatic rings. The van der Waals surface area contributed by atoms with E-state index in [1.165, 1.54) is 17.2 Å². The number of fused-ring (bicyclic) bond motifs is 1. The maximum absolute atomic E-state index is 13.0. The van der Waals surface area contributed by atoms with Gasteiger partial charge in [-0.3, -0.25) is 9.59 Å². The van der Waals surface area contributed by atoms with Crippen molar-refractivity contribution in [2.45, 2.75) is 45.6 Å². The molecule has 1 atom stereocenters. The Hall–Kier alpha value is -2.36. The number of amides is 1. The summed E-state index contributed by atoms with van der Waals surface area (Å²) in [5.41, 5.74) is 3.72. The summed E-state index contributed by atoms with van der Waals surface area (Å²) in [5, 5.41) is 0. The molecule has 2 aromatic rings. The van der Waals surface area contributed by atoms with Gasteiger partial charge in [-0.05, 0) is 49.8 Å². The van der Waals surface area contributed by atoms with E-state index in [4.69, 9.17) is 0 Å². The summed E-state index contributed by atoms with van der Waals surface area (Å²) in [6.07, 6.45) is 3.78. The number of carbonyl (C=O) groups excluding carboxylic acids is 1. The van der Waals surface area contributed by atoms with Gasteiger partial charge in [0.15, 0.2) is 0 Å². The predicted molar refractivity (Wildman–Crippen MR) is 95.4 cm³/mol. The van der Waals surface area contributed by atoms with E-state index in [1.54, 1.807) is 13.0 Å². The minimum absolute atomic E-state index is 0.0320. The first kappa shape index (κ1) is 16.5. The third-order valence-corrected chi connectivity index (χ3v) is 4.71. The number of H-pyrrole nitrogens is 1. The van der Waals surface area contributed by atoms with Crippen LogP contribution in [0.25, 0.3) is 0 Å². The molecule has 0 radical (unpaired) electrons. The van der Waals surface area contributed by atoms with Crippen LogP contribution < -0.4 is 5.56 Å². The number of rotatable bonds is 4. The monoisotopic (exact) mass is 324 g/mol. The number of nitrogens with zero attached hydrogens (tertiary/aromatic N) is 1. The van der Waals surface area contributed by atoms with E-state index in [0.717, 1.165) is 37.9 Å². The highest BCUT2D eigenvalue weighted by atomic mass is 16.2. The minimum atomic E-state index is -0.219. The molecule has 4 heteroatoms. The Morgan fingerprint density at radius 1 is 1.25 bits per heavy atom. The lowest BCUT2D eigenvalue weighted by Gasteiger charge is -2.35. The molecule has 0 saturated heterocycles. The van der Waals surface area contributed by atoms with Crippen LogP contribution in [0, 0.1) is 6.92 Å². The summed E-state index contributed by atoms with van der Waals surface area (Å²) in [7, 11) is 0. The number of nitrogens with one attached hydrogen (secondary N) is 1. The molecular formula is C20H24N2O2. The number of aromatic nitrogens is 1. The molecule has 1 aliphatic carbocycles. The molecule has 0 aliphatic heterocycles. The second kappa shape index (κ2) is 7.04. The largest absolute Gasteiger partial charge is 0.335 e. The Labute approximate surface area is 142 Å². The minimum Gasteiger partial charge on any atom is -0.335 e. The van der Waals surface area contributed by atoms with Gasteiger partial charge in [0.1, 0.15) is 0 Å². The summed E-state index contributed by atoms with van der Waals surface area (Å²) >= 11 is 0. The van der Waals surface area contributed by atoms with Gasteiger partial charge in [0.05, 0.1) is 0 Å². The van der Waals surface area contributed by atoms with Gasteiger partial charge in [0, 0.05) is 29.9 Å². The van der Waals surface area contributed by atoms with Crippen LogP contribution in [0.1, 0.15) is 46.9 Å². The zero-order valence-corrected chi connectivity index (χ0v) is 14.3. The van der Waals surface area contributed by atoms with Gasteiger partial charge in [0.2, 0.25) is 5.56 Å². The van der Waals surface area contributed by atoms with Crippen molar-refractivity contribution in [3.05, 3.63) is 69.1 Å². The molecule has 1 aromatic heterocycles. The van der Waals surface area contributed by atoms with Crippen LogP contribution >= 0.6 is 0 Å². The lowest BCUT2D eigenvalue weighted by molar-refractivity contribution is 0.0661. The number of carbonyl (C=O) groups is 1. The van der Waals surface area contributed by atoms with Gasteiger partial charge in [-0.2, -0.15) is 0 Å². The highest BCUT2D eigenvalue weighted by Gasteiger charge is 2.28. The lowest BCUT2D eigenvalue weighted by Crippen LogP contribution is -2.44. The fourth-order valence-electron chi connectivity index (χ4n) is 3.61. The first-order valence-corrected chi connectivity index (χ1v) is 8.67. The standard InChI is InChI=1S/C20H24N2O2/c1-3-10-22(20(24)17-11-14(2)21-19(23)13-17)18-9-8-15-6-4-5-7-16(15)12-18/h4-7,11,13,18H,3,8-10,12H2,1-2H3,(H,21,23). The second-order valence-electron chi connectivity index (χ2n) is 6.58. The molecular weight excluding hydrogens is 300 g/mol. The molecule has 126 valence electrons. The molecule has 1 aromatic carbocycles. The Kier molecular flexibility index (Phi) is 4.84. The van der Waals surface area contributed by atoms with Crippen molar-refractivity contribution in [1.82, 2.24) is 9.88 Å². The quantitative estimate of drug-likeness (QED) is 0.939. The van der Waals surface area contributed by atoms with E-state index in [1.807, 2.05) is 4.90 Å². The zero-order chi connectivity index (χ0) is 17.1. The zero-order valence-electron chi connectivity index (χ0n) is 14.3. The fourth-order valence-corrected chi connectivity index (χ4v) is 3.61. The lowest BCUT2D eigenvalue weighted by atomic mass is 9.87. The number of aromatic amines is 1. The maximum Gasteiger partial charge on any atom is 0.254 e. The van der Waals surface area contributed by atoms with E-state index in [0.29, 0.717) is 5.56 Å². The van der Waals surface area contributed by atoms with E-state index < -0.39 is 0 Å². The molecule has 1 N–H and O–H groups in total. The Morgan fingerprint density at radius 3 is 2.71 bits per heavy atom.